The molecule has 0 bridgehead atoms. The van der Waals surface area contributed by atoms with Crippen LogP contribution in [0.3, 0.4) is 0 Å². The van der Waals surface area contributed by atoms with Gasteiger partial charge in [0.25, 0.3) is 0 Å². The number of aryl methyl sites for hydroxylation is 2. The van der Waals surface area contributed by atoms with Gasteiger partial charge in [0.1, 0.15) is 0 Å². The molecule has 0 saturated heterocycles. The Hall–Kier alpha value is -1.69. The quantitative estimate of drug-likeness (QED) is 0.712. The molecule has 5 heteroatoms. The number of halogens is 1. The summed E-state index contributed by atoms with van der Waals surface area (Å²) >= 11 is 3.54. The van der Waals surface area contributed by atoms with Crippen molar-refractivity contribution in [1.29, 1.82) is 0 Å². The van der Waals surface area contributed by atoms with E-state index in [1.54, 1.807) is 6.07 Å². The van der Waals surface area contributed by atoms with Crippen LogP contribution in [0.4, 0.5) is 0 Å². The van der Waals surface area contributed by atoms with Gasteiger partial charge in [0.05, 0.1) is 4.90 Å². The van der Waals surface area contributed by atoms with Gasteiger partial charge in [-0.05, 0) is 46.4 Å². The second-order valence-corrected chi connectivity index (χ2v) is 8.57. The molecule has 1 aliphatic carbocycles. The molecular formula is C19H16BrNO2S. The first-order chi connectivity index (χ1) is 11.6. The Morgan fingerprint density at radius 2 is 1.79 bits per heavy atom. The molecule has 0 aromatic heterocycles. The lowest BCUT2D eigenvalue weighted by atomic mass is 10.1. The first-order valence-electron chi connectivity index (χ1n) is 7.83. The van der Waals surface area contributed by atoms with Gasteiger partial charge >= 0.3 is 0 Å². The predicted molar refractivity (Wildman–Crippen MR) is 99.5 cm³/mol. The normalized spacial score (nSPS) is 13.5. The maximum absolute atomic E-state index is 12.9. The van der Waals surface area contributed by atoms with Crippen LogP contribution in [0.1, 0.15) is 16.7 Å². The van der Waals surface area contributed by atoms with E-state index in [1.165, 1.54) is 5.56 Å². The molecule has 0 heterocycles. The van der Waals surface area contributed by atoms with E-state index >= 15 is 0 Å². The third-order valence-electron chi connectivity index (χ3n) is 4.51. The van der Waals surface area contributed by atoms with Crippen molar-refractivity contribution in [2.75, 3.05) is 0 Å². The van der Waals surface area contributed by atoms with Crippen LogP contribution in [-0.4, -0.2) is 8.42 Å². The van der Waals surface area contributed by atoms with Crippen molar-refractivity contribution in [3.05, 3.63) is 75.8 Å². The maximum Gasteiger partial charge on any atom is 0.241 e. The van der Waals surface area contributed by atoms with Crippen molar-refractivity contribution in [2.24, 2.45) is 0 Å². The van der Waals surface area contributed by atoms with E-state index < -0.39 is 10.0 Å². The van der Waals surface area contributed by atoms with Gasteiger partial charge in [0.2, 0.25) is 10.0 Å². The number of rotatable bonds is 4. The Labute approximate surface area is 149 Å². The molecule has 0 spiro atoms. The minimum absolute atomic E-state index is 0.292. The predicted octanol–water partition coefficient (Wildman–Crippen LogP) is 4.18. The summed E-state index contributed by atoms with van der Waals surface area (Å²) in [5.74, 6) is 0. The zero-order chi connectivity index (χ0) is 16.7. The third kappa shape index (κ3) is 2.66. The summed E-state index contributed by atoms with van der Waals surface area (Å²) in [6.07, 6.45) is 1.66. The van der Waals surface area contributed by atoms with Crippen LogP contribution in [0.2, 0.25) is 0 Å². The van der Waals surface area contributed by atoms with Crippen molar-refractivity contribution in [1.82, 2.24) is 4.72 Å². The molecule has 1 aliphatic rings. The molecule has 0 amide bonds. The van der Waals surface area contributed by atoms with Gasteiger partial charge in [-0.2, -0.15) is 0 Å². The molecule has 0 radical (unpaired) electrons. The summed E-state index contributed by atoms with van der Waals surface area (Å²) in [5.41, 5.74) is 3.10. The molecule has 0 saturated carbocycles. The van der Waals surface area contributed by atoms with Crippen LogP contribution in [-0.2, 0) is 29.4 Å². The van der Waals surface area contributed by atoms with Crippen molar-refractivity contribution in [2.45, 2.75) is 24.3 Å². The fraction of sp³-hybridized carbons (Fsp3) is 0.158. The van der Waals surface area contributed by atoms with E-state index in [0.29, 0.717) is 11.4 Å². The summed E-state index contributed by atoms with van der Waals surface area (Å²) in [6.45, 7) is 0.292. The van der Waals surface area contributed by atoms with E-state index in [0.717, 1.165) is 39.2 Å². The summed E-state index contributed by atoms with van der Waals surface area (Å²) < 4.78 is 29.3. The Morgan fingerprint density at radius 3 is 2.58 bits per heavy atom. The third-order valence-corrected chi connectivity index (χ3v) is 6.63. The van der Waals surface area contributed by atoms with Crippen LogP contribution < -0.4 is 4.72 Å². The smallest absolute Gasteiger partial charge is 0.207 e. The van der Waals surface area contributed by atoms with E-state index in [2.05, 4.69) is 26.7 Å². The van der Waals surface area contributed by atoms with Gasteiger partial charge in [-0.25, -0.2) is 13.1 Å². The van der Waals surface area contributed by atoms with E-state index in [9.17, 15) is 8.42 Å². The second kappa shape index (κ2) is 5.99. The van der Waals surface area contributed by atoms with E-state index in [4.69, 9.17) is 0 Å². The molecule has 4 rings (SSSR count). The second-order valence-electron chi connectivity index (χ2n) is 5.98. The fourth-order valence-electron chi connectivity index (χ4n) is 3.37. The largest absolute Gasteiger partial charge is 0.241 e. The van der Waals surface area contributed by atoms with Gasteiger partial charge in [0.15, 0.2) is 0 Å². The monoisotopic (exact) mass is 401 g/mol. The summed E-state index contributed by atoms with van der Waals surface area (Å²) in [4.78, 5) is 0.391. The average Bonchev–Trinajstić information content (AvgIpc) is 3.02. The molecule has 122 valence electrons. The van der Waals surface area contributed by atoms with Crippen molar-refractivity contribution < 1.29 is 8.42 Å². The highest BCUT2D eigenvalue weighted by molar-refractivity contribution is 9.10. The Bertz CT molecular complexity index is 1030. The van der Waals surface area contributed by atoms with Crippen molar-refractivity contribution in [3.8, 4) is 0 Å². The number of sulfonamides is 1. The number of hydrogen-bond donors (Lipinski definition) is 1. The molecule has 0 aliphatic heterocycles. The van der Waals surface area contributed by atoms with Crippen molar-refractivity contribution >= 4 is 36.7 Å². The Morgan fingerprint density at radius 1 is 1.00 bits per heavy atom. The van der Waals surface area contributed by atoms with Gasteiger partial charge in [-0.1, -0.05) is 64.5 Å². The maximum atomic E-state index is 12.9. The van der Waals surface area contributed by atoms with Crippen LogP contribution in [0.5, 0.6) is 0 Å². The van der Waals surface area contributed by atoms with Gasteiger partial charge in [0, 0.05) is 11.0 Å². The summed E-state index contributed by atoms with van der Waals surface area (Å²) in [6, 6.07) is 17.4. The minimum atomic E-state index is -3.56. The minimum Gasteiger partial charge on any atom is -0.207 e. The summed E-state index contributed by atoms with van der Waals surface area (Å²) in [7, 11) is -3.56. The molecule has 0 atom stereocenters. The molecule has 3 aromatic carbocycles. The number of hydrogen-bond acceptors (Lipinski definition) is 2. The first-order valence-corrected chi connectivity index (χ1v) is 10.1. The van der Waals surface area contributed by atoms with Gasteiger partial charge in [-0.15, -0.1) is 0 Å². The topological polar surface area (TPSA) is 46.2 Å². The van der Waals surface area contributed by atoms with E-state index in [-0.39, 0.29) is 0 Å². The molecular weight excluding hydrogens is 386 g/mol. The highest BCUT2D eigenvalue weighted by Crippen LogP contribution is 2.39. The molecule has 3 aromatic rings. The zero-order valence-corrected chi connectivity index (χ0v) is 15.3. The molecule has 0 unspecified atom stereocenters. The van der Waals surface area contributed by atoms with Crippen LogP contribution >= 0.6 is 15.9 Å². The van der Waals surface area contributed by atoms with Crippen LogP contribution in [0.15, 0.2) is 64.0 Å². The van der Waals surface area contributed by atoms with Crippen molar-refractivity contribution in [3.63, 3.8) is 0 Å². The fourth-order valence-corrected chi connectivity index (χ4v) is 5.39. The van der Waals surface area contributed by atoms with Crippen LogP contribution in [0.25, 0.3) is 10.8 Å². The molecule has 0 fully saturated rings. The summed E-state index contributed by atoms with van der Waals surface area (Å²) in [5, 5.41) is 2.17. The average molecular weight is 402 g/mol. The standard InChI is InChI=1S/C19H16BrNO2S/c20-17-11-18(16-10-9-14-7-4-8-15(17)19(14)16)24(22,23)21-12-13-5-2-1-3-6-13/h1-8,11,21H,9-10,12H2. The lowest BCUT2D eigenvalue weighted by molar-refractivity contribution is 0.580. The molecule has 3 nitrogen and oxygen atoms in total. The van der Waals surface area contributed by atoms with Gasteiger partial charge < -0.3 is 0 Å². The first kappa shape index (κ1) is 15.8. The zero-order valence-electron chi connectivity index (χ0n) is 12.9. The highest BCUT2D eigenvalue weighted by atomic mass is 79.9. The lowest BCUT2D eigenvalue weighted by Gasteiger charge is -2.13. The van der Waals surface area contributed by atoms with Gasteiger partial charge in [-0.3, -0.25) is 0 Å². The van der Waals surface area contributed by atoms with Crippen LogP contribution in [0, 0.1) is 0 Å². The van der Waals surface area contributed by atoms with E-state index in [1.807, 2.05) is 42.5 Å². The SMILES string of the molecule is O=S(=O)(NCc1ccccc1)c1cc(Br)c2cccc3c2c1CC3. The lowest BCUT2D eigenvalue weighted by Crippen LogP contribution is -2.24. The Kier molecular flexibility index (Phi) is 3.95. The number of nitrogens with one attached hydrogen (secondary N) is 1. The highest BCUT2D eigenvalue weighted by Gasteiger charge is 2.26. The Balaban J connectivity index is 1.77. The number of benzene rings is 3. The molecule has 24 heavy (non-hydrogen) atoms. The molecule has 1 N–H and O–H groups in total.